The molecule has 0 unspecified atom stereocenters. The van der Waals surface area contributed by atoms with Crippen LogP contribution in [0.3, 0.4) is 0 Å². The smallest absolute Gasteiger partial charge is 0.134 e. The predicted molar refractivity (Wildman–Crippen MR) is 72.1 cm³/mol. The number of methoxy groups -OCH3 is 1. The second-order valence-corrected chi connectivity index (χ2v) is 4.08. The van der Waals surface area contributed by atoms with Crippen molar-refractivity contribution in [3.63, 3.8) is 0 Å². The number of rotatable bonds is 8. The van der Waals surface area contributed by atoms with E-state index in [-0.39, 0.29) is 6.61 Å². The van der Waals surface area contributed by atoms with Crippen molar-refractivity contribution >= 4 is 11.6 Å². The van der Waals surface area contributed by atoms with Gasteiger partial charge in [0.25, 0.3) is 0 Å². The minimum Gasteiger partial charge on any atom is -0.396 e. The SMILES string of the molecule is COCCNc1cc(N(C)CCCO)nc(C)n1. The van der Waals surface area contributed by atoms with E-state index in [1.807, 2.05) is 24.9 Å². The molecule has 0 aromatic carbocycles. The highest BCUT2D eigenvalue weighted by atomic mass is 16.5. The first-order chi connectivity index (χ1) is 8.67. The number of ether oxygens (including phenoxy) is 1. The van der Waals surface area contributed by atoms with Crippen LogP contribution < -0.4 is 10.2 Å². The van der Waals surface area contributed by atoms with E-state index in [2.05, 4.69) is 15.3 Å². The van der Waals surface area contributed by atoms with Crippen LogP contribution in [0.25, 0.3) is 0 Å². The number of anilines is 2. The summed E-state index contributed by atoms with van der Waals surface area (Å²) in [5.41, 5.74) is 0. The van der Waals surface area contributed by atoms with E-state index >= 15 is 0 Å². The molecule has 102 valence electrons. The van der Waals surface area contributed by atoms with Crippen molar-refractivity contribution in [2.24, 2.45) is 0 Å². The Bertz CT molecular complexity index is 360. The maximum atomic E-state index is 8.83. The molecule has 0 aliphatic carbocycles. The summed E-state index contributed by atoms with van der Waals surface area (Å²) in [6.45, 7) is 4.17. The standard InChI is InChI=1S/C12H22N4O2/c1-10-14-11(13-5-8-18-3)9-12(15-10)16(2)6-4-7-17/h9,17H,4-8H2,1-3H3,(H,13,14,15). The van der Waals surface area contributed by atoms with Gasteiger partial charge in [0.2, 0.25) is 0 Å². The van der Waals surface area contributed by atoms with Gasteiger partial charge in [0.15, 0.2) is 0 Å². The van der Waals surface area contributed by atoms with Gasteiger partial charge in [-0.15, -0.1) is 0 Å². The van der Waals surface area contributed by atoms with E-state index in [0.29, 0.717) is 13.2 Å². The summed E-state index contributed by atoms with van der Waals surface area (Å²) in [4.78, 5) is 10.7. The molecule has 0 saturated carbocycles. The first-order valence-electron chi connectivity index (χ1n) is 6.08. The lowest BCUT2D eigenvalue weighted by molar-refractivity contribution is 0.210. The van der Waals surface area contributed by atoms with Crippen LogP contribution in [-0.2, 0) is 4.74 Å². The number of aromatic nitrogens is 2. The van der Waals surface area contributed by atoms with E-state index in [1.54, 1.807) is 7.11 Å². The molecule has 0 fully saturated rings. The molecular weight excluding hydrogens is 232 g/mol. The van der Waals surface area contributed by atoms with Crippen molar-refractivity contribution < 1.29 is 9.84 Å². The minimum absolute atomic E-state index is 0.188. The third-order valence-corrected chi connectivity index (χ3v) is 2.48. The van der Waals surface area contributed by atoms with Gasteiger partial charge in [0.1, 0.15) is 17.5 Å². The summed E-state index contributed by atoms with van der Waals surface area (Å²) in [5.74, 6) is 2.38. The fraction of sp³-hybridized carbons (Fsp3) is 0.667. The molecule has 6 nitrogen and oxygen atoms in total. The molecule has 1 heterocycles. The maximum absolute atomic E-state index is 8.83. The first kappa shape index (κ1) is 14.7. The quantitative estimate of drug-likeness (QED) is 0.664. The van der Waals surface area contributed by atoms with E-state index in [0.717, 1.165) is 30.4 Å². The van der Waals surface area contributed by atoms with Crippen LogP contribution >= 0.6 is 0 Å². The summed E-state index contributed by atoms with van der Waals surface area (Å²) in [7, 11) is 3.62. The Labute approximate surface area is 108 Å². The zero-order valence-electron chi connectivity index (χ0n) is 11.3. The molecule has 1 aromatic rings. The van der Waals surface area contributed by atoms with E-state index in [4.69, 9.17) is 9.84 Å². The third-order valence-electron chi connectivity index (χ3n) is 2.48. The Hall–Kier alpha value is -1.40. The van der Waals surface area contributed by atoms with Crippen molar-refractivity contribution in [3.05, 3.63) is 11.9 Å². The van der Waals surface area contributed by atoms with E-state index < -0.39 is 0 Å². The molecule has 2 N–H and O–H groups in total. The van der Waals surface area contributed by atoms with Gasteiger partial charge in [-0.25, -0.2) is 9.97 Å². The van der Waals surface area contributed by atoms with Gasteiger partial charge in [-0.3, -0.25) is 0 Å². The fourth-order valence-electron chi connectivity index (χ4n) is 1.54. The molecule has 0 radical (unpaired) electrons. The van der Waals surface area contributed by atoms with Crippen LogP contribution in [0.1, 0.15) is 12.2 Å². The van der Waals surface area contributed by atoms with Crippen molar-refractivity contribution in [3.8, 4) is 0 Å². The highest BCUT2D eigenvalue weighted by Gasteiger charge is 2.06. The molecule has 0 saturated heterocycles. The molecule has 1 rings (SSSR count). The number of aryl methyl sites for hydroxylation is 1. The Morgan fingerprint density at radius 2 is 2.22 bits per heavy atom. The highest BCUT2D eigenvalue weighted by Crippen LogP contribution is 2.14. The Balaban J connectivity index is 2.67. The third kappa shape index (κ3) is 4.85. The van der Waals surface area contributed by atoms with Gasteiger partial charge >= 0.3 is 0 Å². The molecule has 1 aromatic heterocycles. The zero-order valence-corrected chi connectivity index (χ0v) is 11.3. The second-order valence-electron chi connectivity index (χ2n) is 4.08. The van der Waals surface area contributed by atoms with Gasteiger partial charge in [-0.05, 0) is 13.3 Å². The van der Waals surface area contributed by atoms with Crippen LogP contribution in [0.5, 0.6) is 0 Å². The van der Waals surface area contributed by atoms with E-state index in [1.165, 1.54) is 0 Å². The topological polar surface area (TPSA) is 70.5 Å². The maximum Gasteiger partial charge on any atom is 0.134 e. The van der Waals surface area contributed by atoms with Gasteiger partial charge in [-0.2, -0.15) is 0 Å². The van der Waals surface area contributed by atoms with Crippen molar-refractivity contribution in [1.29, 1.82) is 0 Å². The molecule has 0 atom stereocenters. The van der Waals surface area contributed by atoms with Gasteiger partial charge in [-0.1, -0.05) is 0 Å². The number of aliphatic hydroxyl groups excluding tert-OH is 1. The van der Waals surface area contributed by atoms with Gasteiger partial charge in [0.05, 0.1) is 6.61 Å². The van der Waals surface area contributed by atoms with Crippen LogP contribution in [0.15, 0.2) is 6.07 Å². The number of nitrogens with one attached hydrogen (secondary N) is 1. The monoisotopic (exact) mass is 254 g/mol. The van der Waals surface area contributed by atoms with Crippen molar-refractivity contribution in [1.82, 2.24) is 9.97 Å². The molecule has 18 heavy (non-hydrogen) atoms. The fourth-order valence-corrected chi connectivity index (χ4v) is 1.54. The summed E-state index contributed by atoms with van der Waals surface area (Å²) < 4.78 is 4.98. The predicted octanol–water partition coefficient (Wildman–Crippen LogP) is 0.662. The summed E-state index contributed by atoms with van der Waals surface area (Å²) in [6.07, 6.45) is 0.728. The molecule has 0 spiro atoms. The summed E-state index contributed by atoms with van der Waals surface area (Å²) in [6, 6.07) is 1.90. The number of aliphatic hydroxyl groups is 1. The van der Waals surface area contributed by atoms with Gasteiger partial charge < -0.3 is 20.1 Å². The van der Waals surface area contributed by atoms with Crippen molar-refractivity contribution in [2.75, 3.05) is 50.7 Å². The number of hydrogen-bond donors (Lipinski definition) is 2. The normalized spacial score (nSPS) is 10.4. The molecule has 0 bridgehead atoms. The van der Waals surface area contributed by atoms with Gasteiger partial charge in [0, 0.05) is 39.9 Å². The molecule has 0 aliphatic heterocycles. The van der Waals surface area contributed by atoms with Crippen LogP contribution in [0.4, 0.5) is 11.6 Å². The van der Waals surface area contributed by atoms with Crippen molar-refractivity contribution in [2.45, 2.75) is 13.3 Å². The lowest BCUT2D eigenvalue weighted by atomic mass is 10.4. The Morgan fingerprint density at radius 1 is 1.44 bits per heavy atom. The highest BCUT2D eigenvalue weighted by molar-refractivity contribution is 5.48. The average molecular weight is 254 g/mol. The van der Waals surface area contributed by atoms with E-state index in [9.17, 15) is 0 Å². The largest absolute Gasteiger partial charge is 0.396 e. The molecular formula is C12H22N4O2. The lowest BCUT2D eigenvalue weighted by Gasteiger charge is -2.18. The number of hydrogen-bond acceptors (Lipinski definition) is 6. The molecule has 0 amide bonds. The van der Waals surface area contributed by atoms with Crippen LogP contribution in [-0.4, -0.2) is 55.5 Å². The Kier molecular flexibility index (Phi) is 6.38. The summed E-state index contributed by atoms with van der Waals surface area (Å²) in [5, 5.41) is 12.0. The van der Waals surface area contributed by atoms with Crippen LogP contribution in [0.2, 0.25) is 0 Å². The minimum atomic E-state index is 0.188. The van der Waals surface area contributed by atoms with Crippen LogP contribution in [0, 0.1) is 6.92 Å². The second kappa shape index (κ2) is 7.84. The average Bonchev–Trinajstić information content (AvgIpc) is 2.35. The summed E-state index contributed by atoms with van der Waals surface area (Å²) >= 11 is 0. The first-order valence-corrected chi connectivity index (χ1v) is 6.08. The lowest BCUT2D eigenvalue weighted by Crippen LogP contribution is -2.21. The Morgan fingerprint density at radius 3 is 2.89 bits per heavy atom. The molecule has 0 aliphatic rings. The molecule has 6 heteroatoms. The zero-order chi connectivity index (χ0) is 13.4. The number of nitrogens with zero attached hydrogens (tertiary/aromatic N) is 3.